The van der Waals surface area contributed by atoms with Crippen LogP contribution in [-0.4, -0.2) is 38.4 Å². The third-order valence-electron chi connectivity index (χ3n) is 4.24. The number of nitrogens with one attached hydrogen (secondary N) is 1. The molecule has 3 heterocycles. The minimum absolute atomic E-state index is 0.0249. The Morgan fingerprint density at radius 1 is 1.28 bits per heavy atom. The van der Waals surface area contributed by atoms with Crippen LogP contribution in [0.3, 0.4) is 0 Å². The largest absolute Gasteiger partial charge is 0.326 e. The summed E-state index contributed by atoms with van der Waals surface area (Å²) in [5.41, 5.74) is 2.83. The van der Waals surface area contributed by atoms with Crippen LogP contribution in [0, 0.1) is 6.92 Å². The number of amides is 1. The topological polar surface area (TPSA) is 89.1 Å². The number of hydrogen-bond acceptors (Lipinski definition) is 6. The summed E-state index contributed by atoms with van der Waals surface area (Å²) in [6, 6.07) is 7.73. The molecule has 3 aromatic rings. The van der Waals surface area contributed by atoms with Crippen LogP contribution in [0.4, 0.5) is 11.7 Å². The van der Waals surface area contributed by atoms with Crippen molar-refractivity contribution in [3.05, 3.63) is 42.2 Å². The van der Waals surface area contributed by atoms with E-state index in [0.717, 1.165) is 16.8 Å². The minimum atomic E-state index is -0.383. The molecule has 0 unspecified atom stereocenters. The Labute approximate surface area is 144 Å². The van der Waals surface area contributed by atoms with Gasteiger partial charge in [0, 0.05) is 25.4 Å². The maximum atomic E-state index is 12.6. The van der Waals surface area contributed by atoms with E-state index in [1.165, 1.54) is 0 Å². The van der Waals surface area contributed by atoms with Gasteiger partial charge in [0.2, 0.25) is 11.7 Å². The number of carbonyl (C=O) groups is 1. The number of rotatable bonds is 4. The molecule has 1 amide bonds. The van der Waals surface area contributed by atoms with E-state index in [2.05, 4.69) is 20.6 Å². The summed E-state index contributed by atoms with van der Waals surface area (Å²) in [6.45, 7) is 2.65. The molecule has 0 aliphatic carbocycles. The Hall–Kier alpha value is -3.16. The summed E-state index contributed by atoms with van der Waals surface area (Å²) in [6.07, 6.45) is 4.17. The van der Waals surface area contributed by atoms with E-state index in [0.29, 0.717) is 18.8 Å². The van der Waals surface area contributed by atoms with Gasteiger partial charge in [-0.05, 0) is 13.3 Å². The molecule has 1 saturated heterocycles. The fourth-order valence-corrected chi connectivity index (χ4v) is 2.87. The average Bonchev–Trinajstić information content (AvgIpc) is 3.31. The van der Waals surface area contributed by atoms with Crippen LogP contribution in [0.25, 0.3) is 11.4 Å². The van der Waals surface area contributed by atoms with Gasteiger partial charge < -0.3 is 14.7 Å². The Balaban J connectivity index is 1.46. The maximum Gasteiger partial charge on any atom is 0.322 e. The standard InChI is InChI=1S/C17H18N6O2/c1-11-3-5-12(6-4-11)15-20-17(25-21-15)19-14-7-8-23(16(14)24)13-9-18-22(2)10-13/h3-6,9-10,14H,7-8H2,1-2H3,(H,19,20,21)/t14-/m0/s1. The van der Waals surface area contributed by atoms with Crippen molar-refractivity contribution in [2.24, 2.45) is 7.05 Å². The van der Waals surface area contributed by atoms with Crippen molar-refractivity contribution in [1.29, 1.82) is 0 Å². The number of aromatic nitrogens is 4. The number of anilines is 2. The van der Waals surface area contributed by atoms with Gasteiger partial charge in [0.15, 0.2) is 0 Å². The van der Waals surface area contributed by atoms with Crippen LogP contribution < -0.4 is 10.2 Å². The zero-order valence-electron chi connectivity index (χ0n) is 14.0. The Morgan fingerprint density at radius 3 is 2.80 bits per heavy atom. The number of nitrogens with zero attached hydrogens (tertiary/aromatic N) is 5. The third kappa shape index (κ3) is 2.98. The van der Waals surface area contributed by atoms with Crippen molar-refractivity contribution >= 4 is 17.6 Å². The molecule has 0 bridgehead atoms. The minimum Gasteiger partial charge on any atom is -0.326 e. The average molecular weight is 338 g/mol. The lowest BCUT2D eigenvalue weighted by molar-refractivity contribution is -0.117. The van der Waals surface area contributed by atoms with Gasteiger partial charge in [0.25, 0.3) is 0 Å². The fourth-order valence-electron chi connectivity index (χ4n) is 2.87. The molecule has 0 radical (unpaired) electrons. The molecule has 4 rings (SSSR count). The quantitative estimate of drug-likeness (QED) is 0.782. The lowest BCUT2D eigenvalue weighted by Gasteiger charge is -2.14. The highest BCUT2D eigenvalue weighted by Crippen LogP contribution is 2.24. The molecule has 8 nitrogen and oxygen atoms in total. The van der Waals surface area contributed by atoms with Crippen molar-refractivity contribution < 1.29 is 9.32 Å². The van der Waals surface area contributed by atoms with Gasteiger partial charge >= 0.3 is 6.01 Å². The molecule has 1 fully saturated rings. The molecule has 0 spiro atoms. The SMILES string of the molecule is Cc1ccc(-c2noc(N[C@H]3CCN(c4cnn(C)c4)C3=O)n2)cc1. The van der Waals surface area contributed by atoms with Crippen LogP contribution in [0.2, 0.25) is 0 Å². The lowest BCUT2D eigenvalue weighted by atomic mass is 10.1. The van der Waals surface area contributed by atoms with E-state index in [9.17, 15) is 4.79 Å². The van der Waals surface area contributed by atoms with Crippen molar-refractivity contribution in [1.82, 2.24) is 19.9 Å². The highest BCUT2D eigenvalue weighted by atomic mass is 16.5. The number of benzene rings is 1. The summed E-state index contributed by atoms with van der Waals surface area (Å²) in [4.78, 5) is 18.6. The molecule has 1 aliphatic heterocycles. The molecule has 128 valence electrons. The van der Waals surface area contributed by atoms with E-state index in [1.807, 2.05) is 44.4 Å². The third-order valence-corrected chi connectivity index (χ3v) is 4.24. The van der Waals surface area contributed by atoms with E-state index >= 15 is 0 Å². The molecule has 1 N–H and O–H groups in total. The predicted molar refractivity (Wildman–Crippen MR) is 92.1 cm³/mol. The summed E-state index contributed by atoms with van der Waals surface area (Å²) in [7, 11) is 1.82. The highest BCUT2D eigenvalue weighted by Gasteiger charge is 2.34. The van der Waals surface area contributed by atoms with Crippen LogP contribution in [0.1, 0.15) is 12.0 Å². The van der Waals surface area contributed by atoms with Gasteiger partial charge in [-0.2, -0.15) is 10.1 Å². The van der Waals surface area contributed by atoms with Gasteiger partial charge in [0.1, 0.15) is 6.04 Å². The summed E-state index contributed by atoms with van der Waals surface area (Å²) in [5.74, 6) is 0.472. The Bertz CT molecular complexity index is 898. The Kier molecular flexibility index (Phi) is 3.72. The first-order chi connectivity index (χ1) is 12.1. The smallest absolute Gasteiger partial charge is 0.322 e. The first-order valence-corrected chi connectivity index (χ1v) is 8.07. The molecule has 1 atom stereocenters. The fraction of sp³-hybridized carbons (Fsp3) is 0.294. The van der Waals surface area contributed by atoms with E-state index < -0.39 is 0 Å². The summed E-state index contributed by atoms with van der Waals surface area (Å²) in [5, 5.41) is 11.1. The second-order valence-electron chi connectivity index (χ2n) is 6.14. The molecular formula is C17H18N6O2. The van der Waals surface area contributed by atoms with Gasteiger partial charge in [-0.1, -0.05) is 35.0 Å². The van der Waals surface area contributed by atoms with Gasteiger partial charge in [-0.3, -0.25) is 9.48 Å². The first kappa shape index (κ1) is 15.4. The monoisotopic (exact) mass is 338 g/mol. The molecule has 0 saturated carbocycles. The van der Waals surface area contributed by atoms with Crippen LogP contribution in [-0.2, 0) is 11.8 Å². The van der Waals surface area contributed by atoms with Crippen molar-refractivity contribution in [3.63, 3.8) is 0 Å². The molecule has 2 aromatic heterocycles. The van der Waals surface area contributed by atoms with Crippen molar-refractivity contribution in [3.8, 4) is 11.4 Å². The normalized spacial score (nSPS) is 17.3. The second kappa shape index (κ2) is 6.04. The summed E-state index contributed by atoms with van der Waals surface area (Å²) < 4.78 is 6.92. The molecule has 1 aliphatic rings. The van der Waals surface area contributed by atoms with E-state index in [-0.39, 0.29) is 18.0 Å². The molecule has 25 heavy (non-hydrogen) atoms. The lowest BCUT2D eigenvalue weighted by Crippen LogP contribution is -2.33. The zero-order valence-corrected chi connectivity index (χ0v) is 14.0. The maximum absolute atomic E-state index is 12.6. The van der Waals surface area contributed by atoms with Gasteiger partial charge in [-0.15, -0.1) is 0 Å². The number of carbonyl (C=O) groups excluding carboxylic acids is 1. The van der Waals surface area contributed by atoms with Crippen LogP contribution >= 0.6 is 0 Å². The van der Waals surface area contributed by atoms with E-state index in [4.69, 9.17) is 4.52 Å². The molecular weight excluding hydrogens is 320 g/mol. The predicted octanol–water partition coefficient (Wildman–Crippen LogP) is 2.00. The Morgan fingerprint density at radius 2 is 2.08 bits per heavy atom. The van der Waals surface area contributed by atoms with Crippen molar-refractivity contribution in [2.75, 3.05) is 16.8 Å². The highest BCUT2D eigenvalue weighted by molar-refractivity contribution is 6.00. The zero-order chi connectivity index (χ0) is 17.4. The van der Waals surface area contributed by atoms with Crippen LogP contribution in [0.5, 0.6) is 0 Å². The summed E-state index contributed by atoms with van der Waals surface area (Å²) >= 11 is 0. The van der Waals surface area contributed by atoms with Crippen molar-refractivity contribution in [2.45, 2.75) is 19.4 Å². The van der Waals surface area contributed by atoms with Gasteiger partial charge in [-0.25, -0.2) is 0 Å². The second-order valence-corrected chi connectivity index (χ2v) is 6.14. The molecule has 8 heteroatoms. The first-order valence-electron chi connectivity index (χ1n) is 8.07. The van der Waals surface area contributed by atoms with E-state index in [1.54, 1.807) is 15.8 Å². The van der Waals surface area contributed by atoms with Crippen LogP contribution in [0.15, 0.2) is 41.2 Å². The number of aryl methyl sites for hydroxylation is 2. The molecule has 1 aromatic carbocycles. The number of hydrogen-bond donors (Lipinski definition) is 1. The van der Waals surface area contributed by atoms with Gasteiger partial charge in [0.05, 0.1) is 11.9 Å².